The molecule has 1 aliphatic rings. The van der Waals surface area contributed by atoms with Gasteiger partial charge >= 0.3 is 5.97 Å². The van der Waals surface area contributed by atoms with Crippen LogP contribution in [0.2, 0.25) is 5.02 Å². The van der Waals surface area contributed by atoms with E-state index in [9.17, 15) is 9.90 Å². The van der Waals surface area contributed by atoms with Crippen LogP contribution in [0.1, 0.15) is 37.8 Å². The monoisotopic (exact) mass is 279 g/mol. The first-order valence-electron chi connectivity index (χ1n) is 6.42. The van der Waals surface area contributed by atoms with Gasteiger partial charge < -0.3 is 9.63 Å². The molecule has 4 nitrogen and oxygen atoms in total. The summed E-state index contributed by atoms with van der Waals surface area (Å²) in [7, 11) is 0. The van der Waals surface area contributed by atoms with Gasteiger partial charge in [-0.15, -0.1) is 0 Å². The Morgan fingerprint density at radius 3 is 2.74 bits per heavy atom. The zero-order chi connectivity index (χ0) is 13.5. The molecule has 0 unspecified atom stereocenters. The van der Waals surface area contributed by atoms with Crippen LogP contribution in [-0.4, -0.2) is 16.2 Å². The number of nitrogens with zero attached hydrogens (tertiary/aromatic N) is 1. The molecule has 1 fully saturated rings. The van der Waals surface area contributed by atoms with Crippen molar-refractivity contribution in [1.82, 2.24) is 5.16 Å². The highest BCUT2D eigenvalue weighted by atomic mass is 35.5. The molecule has 1 saturated carbocycles. The molecule has 0 radical (unpaired) electrons. The molecule has 2 aromatic rings. The molecule has 1 aliphatic carbocycles. The average Bonchev–Trinajstić information content (AvgIpc) is 2.82. The molecule has 0 spiro atoms. The van der Waals surface area contributed by atoms with E-state index in [0.29, 0.717) is 29.1 Å². The summed E-state index contributed by atoms with van der Waals surface area (Å²) >= 11 is 5.99. The van der Waals surface area contributed by atoms with Crippen molar-refractivity contribution in [3.63, 3.8) is 0 Å². The van der Waals surface area contributed by atoms with Crippen molar-refractivity contribution in [1.29, 1.82) is 0 Å². The van der Waals surface area contributed by atoms with Crippen LogP contribution < -0.4 is 0 Å². The number of halogens is 1. The van der Waals surface area contributed by atoms with Crippen molar-refractivity contribution >= 4 is 28.5 Å². The van der Waals surface area contributed by atoms with E-state index in [1.807, 2.05) is 0 Å². The smallest absolute Gasteiger partial charge is 0.315 e. The van der Waals surface area contributed by atoms with Gasteiger partial charge in [0.15, 0.2) is 5.58 Å². The molecule has 1 aromatic carbocycles. The van der Waals surface area contributed by atoms with E-state index in [4.69, 9.17) is 16.1 Å². The molecule has 19 heavy (non-hydrogen) atoms. The minimum atomic E-state index is -0.922. The molecule has 1 heterocycles. The number of aromatic nitrogens is 1. The maximum Gasteiger partial charge on any atom is 0.315 e. The fraction of sp³-hybridized carbons (Fsp3) is 0.429. The van der Waals surface area contributed by atoms with E-state index >= 15 is 0 Å². The first-order chi connectivity index (χ1) is 9.13. The third-order valence-electron chi connectivity index (χ3n) is 4.00. The second-order valence-electron chi connectivity index (χ2n) is 5.12. The first-order valence-corrected chi connectivity index (χ1v) is 6.80. The molecule has 0 amide bonds. The van der Waals surface area contributed by atoms with Crippen molar-refractivity contribution in [2.45, 2.75) is 37.5 Å². The second kappa shape index (κ2) is 4.53. The fourth-order valence-corrected chi connectivity index (χ4v) is 3.14. The van der Waals surface area contributed by atoms with Crippen LogP contribution in [0.3, 0.4) is 0 Å². The Kier molecular flexibility index (Phi) is 2.97. The highest BCUT2D eigenvalue weighted by Crippen LogP contribution is 2.42. The lowest BCUT2D eigenvalue weighted by Gasteiger charge is -2.31. The van der Waals surface area contributed by atoms with Gasteiger partial charge in [-0.3, -0.25) is 4.79 Å². The molecule has 1 aromatic heterocycles. The standard InChI is InChI=1S/C14H14ClNO3/c15-9-4-5-11-10(8-9)12(16-19-11)14(13(17)18)6-2-1-3-7-14/h4-5,8H,1-3,6-7H2,(H,17,18). The van der Waals surface area contributed by atoms with Gasteiger partial charge in [0.1, 0.15) is 11.1 Å². The van der Waals surface area contributed by atoms with E-state index in [2.05, 4.69) is 5.16 Å². The zero-order valence-electron chi connectivity index (χ0n) is 10.4. The molecule has 0 atom stereocenters. The van der Waals surface area contributed by atoms with E-state index < -0.39 is 11.4 Å². The molecule has 0 saturated heterocycles. The Labute approximate surface area is 115 Å². The average molecular weight is 280 g/mol. The molecular formula is C14H14ClNO3. The summed E-state index contributed by atoms with van der Waals surface area (Å²) in [5.41, 5.74) is 0.191. The number of aliphatic carboxylic acids is 1. The Morgan fingerprint density at radius 1 is 1.32 bits per heavy atom. The van der Waals surface area contributed by atoms with Crippen molar-refractivity contribution in [2.75, 3.05) is 0 Å². The summed E-state index contributed by atoms with van der Waals surface area (Å²) in [4.78, 5) is 11.8. The summed E-state index contributed by atoms with van der Waals surface area (Å²) < 4.78 is 5.26. The van der Waals surface area contributed by atoms with Gasteiger partial charge in [-0.1, -0.05) is 36.0 Å². The van der Waals surface area contributed by atoms with Crippen LogP contribution in [-0.2, 0) is 10.2 Å². The Hall–Kier alpha value is -1.55. The minimum Gasteiger partial charge on any atom is -0.481 e. The van der Waals surface area contributed by atoms with Gasteiger partial charge in [-0.25, -0.2) is 0 Å². The molecule has 0 bridgehead atoms. The maximum atomic E-state index is 11.8. The molecular weight excluding hydrogens is 266 g/mol. The number of carboxylic acid groups (broad SMARTS) is 1. The van der Waals surface area contributed by atoms with Gasteiger partial charge in [0.25, 0.3) is 0 Å². The predicted octanol–water partition coefficient (Wildman–Crippen LogP) is 3.77. The number of benzene rings is 1. The fourth-order valence-electron chi connectivity index (χ4n) is 2.96. The first kappa shape index (κ1) is 12.5. The summed E-state index contributed by atoms with van der Waals surface area (Å²) in [6.45, 7) is 0. The zero-order valence-corrected chi connectivity index (χ0v) is 11.1. The van der Waals surface area contributed by atoms with Crippen LogP contribution in [0.15, 0.2) is 22.7 Å². The predicted molar refractivity (Wildman–Crippen MR) is 71.4 cm³/mol. The normalized spacial score (nSPS) is 18.6. The molecule has 1 N–H and O–H groups in total. The van der Waals surface area contributed by atoms with Crippen LogP contribution in [0, 0.1) is 0 Å². The van der Waals surface area contributed by atoms with Gasteiger partial charge in [0.05, 0.1) is 0 Å². The van der Waals surface area contributed by atoms with Gasteiger partial charge in [0.2, 0.25) is 0 Å². The number of hydrogen-bond acceptors (Lipinski definition) is 3. The summed E-state index contributed by atoms with van der Waals surface area (Å²) in [5, 5.41) is 15.0. The topological polar surface area (TPSA) is 63.3 Å². The lowest BCUT2D eigenvalue weighted by atomic mass is 9.71. The van der Waals surface area contributed by atoms with E-state index in [0.717, 1.165) is 24.6 Å². The molecule has 3 rings (SSSR count). The minimum absolute atomic E-state index is 0.525. The lowest BCUT2D eigenvalue weighted by Crippen LogP contribution is -2.38. The van der Waals surface area contributed by atoms with E-state index in [-0.39, 0.29) is 0 Å². The second-order valence-corrected chi connectivity index (χ2v) is 5.56. The highest BCUT2D eigenvalue weighted by Gasteiger charge is 2.45. The van der Waals surface area contributed by atoms with Gasteiger partial charge in [0, 0.05) is 10.4 Å². The molecule has 5 heteroatoms. The van der Waals surface area contributed by atoms with E-state index in [1.54, 1.807) is 18.2 Å². The SMILES string of the molecule is O=C(O)C1(c2noc3ccc(Cl)cc23)CCCCC1. The van der Waals surface area contributed by atoms with Crippen molar-refractivity contribution < 1.29 is 14.4 Å². The molecule has 0 aliphatic heterocycles. The van der Waals surface area contributed by atoms with Crippen LogP contribution >= 0.6 is 11.6 Å². The summed E-state index contributed by atoms with van der Waals surface area (Å²) in [6, 6.07) is 5.18. The van der Waals surface area contributed by atoms with Crippen molar-refractivity contribution in [3.8, 4) is 0 Å². The van der Waals surface area contributed by atoms with E-state index in [1.165, 1.54) is 0 Å². The van der Waals surface area contributed by atoms with Crippen LogP contribution in [0.25, 0.3) is 11.0 Å². The largest absolute Gasteiger partial charge is 0.481 e. The van der Waals surface area contributed by atoms with Gasteiger partial charge in [-0.2, -0.15) is 0 Å². The number of carboxylic acids is 1. The molecule has 100 valence electrons. The number of rotatable bonds is 2. The Bertz CT molecular complexity index is 629. The number of carbonyl (C=O) groups is 1. The van der Waals surface area contributed by atoms with Crippen molar-refractivity contribution in [3.05, 3.63) is 28.9 Å². The number of fused-ring (bicyclic) bond motifs is 1. The third kappa shape index (κ3) is 1.91. The van der Waals surface area contributed by atoms with Crippen molar-refractivity contribution in [2.24, 2.45) is 0 Å². The van der Waals surface area contributed by atoms with Crippen LogP contribution in [0.4, 0.5) is 0 Å². The Balaban J connectivity index is 2.20. The quantitative estimate of drug-likeness (QED) is 0.909. The van der Waals surface area contributed by atoms with Gasteiger partial charge in [-0.05, 0) is 31.0 Å². The van der Waals surface area contributed by atoms with Crippen LogP contribution in [0.5, 0.6) is 0 Å². The lowest BCUT2D eigenvalue weighted by molar-refractivity contribution is -0.145. The summed E-state index contributed by atoms with van der Waals surface area (Å²) in [6.07, 6.45) is 4.10. The Morgan fingerprint density at radius 2 is 2.05 bits per heavy atom. The third-order valence-corrected chi connectivity index (χ3v) is 4.24. The maximum absolute atomic E-state index is 11.8. The summed E-state index contributed by atoms with van der Waals surface area (Å²) in [5.74, 6) is -0.817. The number of hydrogen-bond donors (Lipinski definition) is 1. The highest BCUT2D eigenvalue weighted by molar-refractivity contribution is 6.31.